The molecule has 104 valence electrons. The topological polar surface area (TPSA) is 44.5 Å². The molecule has 3 rings (SSSR count). The van der Waals surface area contributed by atoms with Crippen molar-refractivity contribution in [3.05, 3.63) is 42.0 Å². The van der Waals surface area contributed by atoms with E-state index >= 15 is 0 Å². The summed E-state index contributed by atoms with van der Waals surface area (Å²) >= 11 is 0. The van der Waals surface area contributed by atoms with E-state index in [0.717, 1.165) is 28.3 Å². The lowest BCUT2D eigenvalue weighted by molar-refractivity contribution is 0.228. The number of hydrogen-bond acceptors (Lipinski definition) is 3. The van der Waals surface area contributed by atoms with Crippen LogP contribution < -0.4 is 15.2 Å². The van der Waals surface area contributed by atoms with Crippen molar-refractivity contribution in [1.29, 1.82) is 0 Å². The lowest BCUT2D eigenvalue weighted by atomic mass is 9.99. The molecular formula is C17H19NO2. The Bertz CT molecular complexity index is 637. The first-order chi connectivity index (χ1) is 9.63. The normalized spacial score (nSPS) is 17.6. The Morgan fingerprint density at radius 1 is 1.00 bits per heavy atom. The van der Waals surface area contributed by atoms with Crippen LogP contribution in [0.5, 0.6) is 11.5 Å². The van der Waals surface area contributed by atoms with E-state index in [4.69, 9.17) is 15.2 Å². The van der Waals surface area contributed by atoms with E-state index in [2.05, 4.69) is 19.9 Å². The average molecular weight is 269 g/mol. The van der Waals surface area contributed by atoms with Gasteiger partial charge in [0.15, 0.2) is 11.5 Å². The van der Waals surface area contributed by atoms with Gasteiger partial charge in [0.2, 0.25) is 0 Å². The predicted molar refractivity (Wildman–Crippen MR) is 81.2 cm³/mol. The van der Waals surface area contributed by atoms with Crippen LogP contribution in [0.3, 0.4) is 0 Å². The second-order valence-electron chi connectivity index (χ2n) is 5.46. The number of aryl methyl sites for hydroxylation is 1. The highest BCUT2D eigenvalue weighted by atomic mass is 16.5. The van der Waals surface area contributed by atoms with Crippen LogP contribution in [0, 0.1) is 12.8 Å². The minimum absolute atomic E-state index is 0.403. The standard InChI is InChI=1S/C17H19NO2/c1-11-9-19-16-6-4-13(7-17(16)20-10-11)15-8-14(18)5-3-12(15)2/h3-8,11H,9-10,18H2,1-2H3. The SMILES string of the molecule is Cc1ccc(N)cc1-c1ccc2c(c1)OCC(C)CO2. The molecule has 3 nitrogen and oxygen atoms in total. The summed E-state index contributed by atoms with van der Waals surface area (Å²) in [7, 11) is 0. The summed E-state index contributed by atoms with van der Waals surface area (Å²) < 4.78 is 11.6. The zero-order chi connectivity index (χ0) is 14.1. The molecule has 0 saturated heterocycles. The maximum atomic E-state index is 5.89. The molecule has 0 aromatic heterocycles. The summed E-state index contributed by atoms with van der Waals surface area (Å²) in [5, 5.41) is 0. The van der Waals surface area contributed by atoms with Crippen molar-refractivity contribution in [2.24, 2.45) is 5.92 Å². The van der Waals surface area contributed by atoms with Gasteiger partial charge in [-0.15, -0.1) is 0 Å². The van der Waals surface area contributed by atoms with Crippen molar-refractivity contribution >= 4 is 5.69 Å². The summed E-state index contributed by atoms with van der Waals surface area (Å²) in [4.78, 5) is 0. The molecule has 1 heterocycles. The number of nitrogens with two attached hydrogens (primary N) is 1. The van der Waals surface area contributed by atoms with Crippen LogP contribution in [0.15, 0.2) is 36.4 Å². The zero-order valence-corrected chi connectivity index (χ0v) is 11.8. The first kappa shape index (κ1) is 12.9. The van der Waals surface area contributed by atoms with Gasteiger partial charge in [-0.05, 0) is 47.9 Å². The summed E-state index contributed by atoms with van der Waals surface area (Å²) in [6, 6.07) is 12.0. The molecule has 1 unspecified atom stereocenters. The molecular weight excluding hydrogens is 250 g/mol. The summed E-state index contributed by atoms with van der Waals surface area (Å²) in [6.45, 7) is 5.59. The average Bonchev–Trinajstić information content (AvgIpc) is 2.63. The zero-order valence-electron chi connectivity index (χ0n) is 11.8. The molecule has 0 bridgehead atoms. The van der Waals surface area contributed by atoms with Gasteiger partial charge in [0.05, 0.1) is 13.2 Å². The quantitative estimate of drug-likeness (QED) is 0.804. The van der Waals surface area contributed by atoms with Crippen molar-refractivity contribution in [1.82, 2.24) is 0 Å². The van der Waals surface area contributed by atoms with Gasteiger partial charge in [0.25, 0.3) is 0 Å². The van der Waals surface area contributed by atoms with Gasteiger partial charge in [-0.2, -0.15) is 0 Å². The van der Waals surface area contributed by atoms with E-state index in [1.165, 1.54) is 5.56 Å². The van der Waals surface area contributed by atoms with Crippen LogP contribution >= 0.6 is 0 Å². The molecule has 2 N–H and O–H groups in total. The smallest absolute Gasteiger partial charge is 0.161 e. The molecule has 0 fully saturated rings. The molecule has 0 amide bonds. The Kier molecular flexibility index (Phi) is 3.26. The van der Waals surface area contributed by atoms with Gasteiger partial charge in [-0.1, -0.05) is 19.1 Å². The van der Waals surface area contributed by atoms with Crippen LogP contribution in [-0.2, 0) is 0 Å². The second kappa shape index (κ2) is 5.08. The van der Waals surface area contributed by atoms with Gasteiger partial charge < -0.3 is 15.2 Å². The second-order valence-corrected chi connectivity index (χ2v) is 5.46. The number of ether oxygens (including phenoxy) is 2. The fraction of sp³-hybridized carbons (Fsp3) is 0.294. The molecule has 0 radical (unpaired) electrons. The largest absolute Gasteiger partial charge is 0.489 e. The minimum atomic E-state index is 0.403. The van der Waals surface area contributed by atoms with Gasteiger partial charge in [0, 0.05) is 11.6 Å². The Labute approximate surface area is 119 Å². The molecule has 2 aromatic carbocycles. The Morgan fingerprint density at radius 2 is 1.75 bits per heavy atom. The highest BCUT2D eigenvalue weighted by Crippen LogP contribution is 2.36. The highest BCUT2D eigenvalue weighted by Gasteiger charge is 2.16. The van der Waals surface area contributed by atoms with E-state index in [1.54, 1.807) is 0 Å². The third kappa shape index (κ3) is 2.44. The Morgan fingerprint density at radius 3 is 2.55 bits per heavy atom. The minimum Gasteiger partial charge on any atom is -0.489 e. The van der Waals surface area contributed by atoms with Gasteiger partial charge >= 0.3 is 0 Å². The van der Waals surface area contributed by atoms with Crippen LogP contribution in [0.1, 0.15) is 12.5 Å². The highest BCUT2D eigenvalue weighted by molar-refractivity contribution is 5.73. The molecule has 0 saturated carbocycles. The van der Waals surface area contributed by atoms with E-state index in [0.29, 0.717) is 19.1 Å². The van der Waals surface area contributed by atoms with Crippen LogP contribution in [0.2, 0.25) is 0 Å². The van der Waals surface area contributed by atoms with Crippen molar-refractivity contribution in [3.63, 3.8) is 0 Å². The van der Waals surface area contributed by atoms with Gasteiger partial charge in [0.1, 0.15) is 0 Å². The predicted octanol–water partition coefficient (Wildman–Crippen LogP) is 3.65. The lowest BCUT2D eigenvalue weighted by Gasteiger charge is -2.11. The third-order valence-corrected chi connectivity index (χ3v) is 3.56. The van der Waals surface area contributed by atoms with E-state index < -0.39 is 0 Å². The maximum Gasteiger partial charge on any atom is 0.161 e. The van der Waals surface area contributed by atoms with Crippen molar-refractivity contribution < 1.29 is 9.47 Å². The van der Waals surface area contributed by atoms with Crippen molar-refractivity contribution in [2.45, 2.75) is 13.8 Å². The van der Waals surface area contributed by atoms with E-state index in [1.807, 2.05) is 30.3 Å². The molecule has 20 heavy (non-hydrogen) atoms. The van der Waals surface area contributed by atoms with Crippen LogP contribution in [0.4, 0.5) is 5.69 Å². The molecule has 1 aliphatic rings. The Hall–Kier alpha value is -2.16. The molecule has 1 atom stereocenters. The number of nitrogen functional groups attached to an aromatic ring is 1. The van der Waals surface area contributed by atoms with Crippen molar-refractivity contribution in [2.75, 3.05) is 18.9 Å². The maximum absolute atomic E-state index is 5.89. The molecule has 1 aliphatic heterocycles. The number of rotatable bonds is 1. The summed E-state index contributed by atoms with van der Waals surface area (Å²) in [6.07, 6.45) is 0. The van der Waals surface area contributed by atoms with E-state index in [9.17, 15) is 0 Å². The number of benzene rings is 2. The Balaban J connectivity index is 2.02. The van der Waals surface area contributed by atoms with Crippen LogP contribution in [-0.4, -0.2) is 13.2 Å². The van der Waals surface area contributed by atoms with Gasteiger partial charge in [-0.3, -0.25) is 0 Å². The first-order valence-corrected chi connectivity index (χ1v) is 6.89. The number of fused-ring (bicyclic) bond motifs is 1. The number of anilines is 1. The fourth-order valence-electron chi connectivity index (χ4n) is 2.37. The molecule has 0 aliphatic carbocycles. The molecule has 0 spiro atoms. The summed E-state index contributed by atoms with van der Waals surface area (Å²) in [5.41, 5.74) is 10.1. The first-order valence-electron chi connectivity index (χ1n) is 6.89. The number of hydrogen-bond donors (Lipinski definition) is 1. The molecule has 3 heteroatoms. The lowest BCUT2D eigenvalue weighted by Crippen LogP contribution is -2.12. The summed E-state index contributed by atoms with van der Waals surface area (Å²) in [5.74, 6) is 2.04. The monoisotopic (exact) mass is 269 g/mol. The fourth-order valence-corrected chi connectivity index (χ4v) is 2.37. The third-order valence-electron chi connectivity index (χ3n) is 3.56. The van der Waals surface area contributed by atoms with Crippen molar-refractivity contribution in [3.8, 4) is 22.6 Å². The van der Waals surface area contributed by atoms with Gasteiger partial charge in [-0.25, -0.2) is 0 Å². The molecule has 2 aromatic rings. The van der Waals surface area contributed by atoms with E-state index in [-0.39, 0.29) is 0 Å². The van der Waals surface area contributed by atoms with Crippen LogP contribution in [0.25, 0.3) is 11.1 Å².